The molecule has 4 heteroatoms. The Kier molecular flexibility index (Phi) is 8.98. The van der Waals surface area contributed by atoms with Crippen LogP contribution in [0, 0.1) is 13.8 Å². The van der Waals surface area contributed by atoms with Crippen molar-refractivity contribution in [3.8, 4) is 0 Å². The van der Waals surface area contributed by atoms with Crippen LogP contribution in [0.5, 0.6) is 0 Å². The Morgan fingerprint density at radius 2 is 1.81 bits per heavy atom. The van der Waals surface area contributed by atoms with Crippen molar-refractivity contribution in [2.45, 2.75) is 34.1 Å². The third-order valence-corrected chi connectivity index (χ3v) is 3.10. The zero-order valence-corrected chi connectivity index (χ0v) is 14.3. The van der Waals surface area contributed by atoms with Crippen LogP contribution in [0.4, 0.5) is 5.69 Å². The molecule has 1 N–H and O–H groups in total. The number of nitrogens with one attached hydrogen (secondary N) is 1. The van der Waals surface area contributed by atoms with E-state index in [1.807, 2.05) is 32.9 Å². The second kappa shape index (κ2) is 9.59. The van der Waals surface area contributed by atoms with Gasteiger partial charge in [-0.2, -0.15) is 0 Å². The van der Waals surface area contributed by atoms with E-state index in [2.05, 4.69) is 29.8 Å². The van der Waals surface area contributed by atoms with Gasteiger partial charge in [0.2, 0.25) is 5.91 Å². The summed E-state index contributed by atoms with van der Waals surface area (Å²) >= 11 is 0. The van der Waals surface area contributed by atoms with Gasteiger partial charge in [-0.1, -0.05) is 25.1 Å². The van der Waals surface area contributed by atoms with Gasteiger partial charge in [0.15, 0.2) is 0 Å². The quantitative estimate of drug-likeness (QED) is 0.773. The van der Waals surface area contributed by atoms with Crippen molar-refractivity contribution in [1.82, 2.24) is 4.90 Å². The van der Waals surface area contributed by atoms with Crippen LogP contribution in [-0.2, 0) is 4.79 Å². The van der Waals surface area contributed by atoms with Crippen LogP contribution in [0.1, 0.15) is 31.4 Å². The molecule has 0 atom stereocenters. The second-order valence-electron chi connectivity index (χ2n) is 5.50. The average Bonchev–Trinajstić information content (AvgIpc) is 2.32. The molecule has 3 nitrogen and oxygen atoms in total. The number of nitrogens with zero attached hydrogens (tertiary/aromatic N) is 1. The predicted molar refractivity (Wildman–Crippen MR) is 93.3 cm³/mol. The molecule has 0 spiro atoms. The lowest BCUT2D eigenvalue weighted by Gasteiger charge is -2.20. The number of likely N-dealkylation sites (N-methyl/N-ethyl adjacent to an activating group) is 1. The molecular weight excluding hydrogens is 284 g/mol. The Labute approximate surface area is 134 Å². The van der Waals surface area contributed by atoms with E-state index < -0.39 is 0 Å². The van der Waals surface area contributed by atoms with Crippen molar-refractivity contribution in [1.29, 1.82) is 0 Å². The van der Waals surface area contributed by atoms with E-state index in [1.54, 1.807) is 0 Å². The molecule has 0 aromatic heterocycles. The number of benzene rings is 1. The molecule has 0 aliphatic heterocycles. The fourth-order valence-electron chi connectivity index (χ4n) is 2.26. The molecule has 0 aliphatic carbocycles. The highest BCUT2D eigenvalue weighted by molar-refractivity contribution is 5.91. The van der Waals surface area contributed by atoms with Gasteiger partial charge >= 0.3 is 0 Å². The van der Waals surface area contributed by atoms with Crippen LogP contribution in [0.25, 0.3) is 0 Å². The Morgan fingerprint density at radius 3 is 2.29 bits per heavy atom. The van der Waals surface area contributed by atoms with Gasteiger partial charge in [-0.3, -0.25) is 9.69 Å². The number of halogens is 1. The Morgan fingerprint density at radius 1 is 1.24 bits per heavy atom. The van der Waals surface area contributed by atoms with Crippen molar-refractivity contribution in [2.75, 3.05) is 25.0 Å². The standard InChI is InChI=1S/C17H26N2O.ClH/c1-6-19(12-13(2)3)8-7-17(20)18-16-10-14(4)9-15(5)11-16;/h9-11H,2,6-8,12H2,1,3-5H3,(H,18,20);1H. The zero-order chi connectivity index (χ0) is 15.1. The molecule has 1 aromatic rings. The molecule has 0 saturated carbocycles. The van der Waals surface area contributed by atoms with Gasteiger partial charge < -0.3 is 5.32 Å². The van der Waals surface area contributed by atoms with Crippen molar-refractivity contribution in [3.63, 3.8) is 0 Å². The van der Waals surface area contributed by atoms with E-state index in [9.17, 15) is 4.79 Å². The molecule has 21 heavy (non-hydrogen) atoms. The molecule has 1 rings (SSSR count). The van der Waals surface area contributed by atoms with Crippen LogP contribution in [0.15, 0.2) is 30.4 Å². The first-order valence-electron chi connectivity index (χ1n) is 7.15. The fraction of sp³-hybridized carbons (Fsp3) is 0.471. The fourth-order valence-corrected chi connectivity index (χ4v) is 2.26. The van der Waals surface area contributed by atoms with Gasteiger partial charge in [0.05, 0.1) is 0 Å². The summed E-state index contributed by atoms with van der Waals surface area (Å²) in [5, 5.41) is 2.97. The number of carbonyl (C=O) groups is 1. The summed E-state index contributed by atoms with van der Waals surface area (Å²) in [7, 11) is 0. The number of aryl methyl sites for hydroxylation is 2. The second-order valence-corrected chi connectivity index (χ2v) is 5.50. The number of amides is 1. The molecule has 1 aromatic carbocycles. The van der Waals surface area contributed by atoms with Gasteiger partial charge in [0, 0.05) is 25.2 Å². The van der Waals surface area contributed by atoms with E-state index >= 15 is 0 Å². The highest BCUT2D eigenvalue weighted by Gasteiger charge is 2.07. The molecule has 0 aliphatic rings. The summed E-state index contributed by atoms with van der Waals surface area (Å²) in [6, 6.07) is 6.09. The highest BCUT2D eigenvalue weighted by Crippen LogP contribution is 2.14. The lowest BCUT2D eigenvalue weighted by atomic mass is 10.1. The zero-order valence-electron chi connectivity index (χ0n) is 13.5. The van der Waals surface area contributed by atoms with Crippen LogP contribution in [0.3, 0.4) is 0 Å². The Hall–Kier alpha value is -1.32. The molecule has 0 radical (unpaired) electrons. The Balaban J connectivity index is 0.00000400. The maximum absolute atomic E-state index is 12.0. The SMILES string of the molecule is C=C(C)CN(CC)CCC(=O)Nc1cc(C)cc(C)c1.Cl. The summed E-state index contributed by atoms with van der Waals surface area (Å²) in [4.78, 5) is 14.2. The molecule has 0 bridgehead atoms. The third kappa shape index (κ3) is 7.88. The van der Waals surface area contributed by atoms with Crippen molar-refractivity contribution in [2.24, 2.45) is 0 Å². The average molecular weight is 311 g/mol. The van der Waals surface area contributed by atoms with Crippen molar-refractivity contribution in [3.05, 3.63) is 41.5 Å². The van der Waals surface area contributed by atoms with Gasteiger partial charge in [-0.05, 0) is 50.6 Å². The minimum Gasteiger partial charge on any atom is -0.326 e. The normalized spacial score (nSPS) is 10.1. The van der Waals surface area contributed by atoms with E-state index in [1.165, 1.54) is 0 Å². The first-order valence-corrected chi connectivity index (χ1v) is 7.15. The van der Waals surface area contributed by atoms with Crippen LogP contribution in [0.2, 0.25) is 0 Å². The smallest absolute Gasteiger partial charge is 0.225 e. The summed E-state index contributed by atoms with van der Waals surface area (Å²) in [6.45, 7) is 14.7. The van der Waals surface area contributed by atoms with Gasteiger partial charge in [-0.25, -0.2) is 0 Å². The first-order chi connectivity index (χ1) is 9.40. The number of carbonyl (C=O) groups excluding carboxylic acids is 1. The largest absolute Gasteiger partial charge is 0.326 e. The molecule has 118 valence electrons. The summed E-state index contributed by atoms with van der Waals surface area (Å²) in [5.41, 5.74) is 4.34. The lowest BCUT2D eigenvalue weighted by molar-refractivity contribution is -0.116. The van der Waals surface area contributed by atoms with E-state index in [-0.39, 0.29) is 18.3 Å². The number of anilines is 1. The van der Waals surface area contributed by atoms with E-state index in [0.29, 0.717) is 6.42 Å². The van der Waals surface area contributed by atoms with Crippen molar-refractivity contribution >= 4 is 24.0 Å². The van der Waals surface area contributed by atoms with Gasteiger partial charge in [0.25, 0.3) is 0 Å². The summed E-state index contributed by atoms with van der Waals surface area (Å²) < 4.78 is 0. The minimum atomic E-state index is 0. The van der Waals surface area contributed by atoms with Gasteiger partial charge in [-0.15, -0.1) is 12.4 Å². The minimum absolute atomic E-state index is 0. The maximum atomic E-state index is 12.0. The van der Waals surface area contributed by atoms with E-state index in [4.69, 9.17) is 0 Å². The highest BCUT2D eigenvalue weighted by atomic mass is 35.5. The molecule has 0 unspecified atom stereocenters. The first kappa shape index (κ1) is 19.7. The molecule has 0 fully saturated rings. The van der Waals surface area contributed by atoms with Crippen LogP contribution < -0.4 is 5.32 Å². The van der Waals surface area contributed by atoms with Crippen molar-refractivity contribution < 1.29 is 4.79 Å². The lowest BCUT2D eigenvalue weighted by Crippen LogP contribution is -2.29. The number of hydrogen-bond acceptors (Lipinski definition) is 2. The number of rotatable bonds is 7. The maximum Gasteiger partial charge on any atom is 0.225 e. The molecule has 0 heterocycles. The predicted octanol–water partition coefficient (Wildman–Crippen LogP) is 3.95. The van der Waals surface area contributed by atoms with Gasteiger partial charge in [0.1, 0.15) is 0 Å². The number of hydrogen-bond donors (Lipinski definition) is 1. The molecular formula is C17H27ClN2O. The summed E-state index contributed by atoms with van der Waals surface area (Å²) in [5.74, 6) is 0.0650. The molecule has 1 amide bonds. The topological polar surface area (TPSA) is 32.3 Å². The Bertz CT molecular complexity index is 465. The van der Waals surface area contributed by atoms with Crippen LogP contribution in [-0.4, -0.2) is 30.4 Å². The molecule has 0 saturated heterocycles. The monoisotopic (exact) mass is 310 g/mol. The van der Waals surface area contributed by atoms with Crippen LogP contribution >= 0.6 is 12.4 Å². The summed E-state index contributed by atoms with van der Waals surface area (Å²) in [6.07, 6.45) is 0.508. The third-order valence-electron chi connectivity index (χ3n) is 3.10. The van der Waals surface area contributed by atoms with E-state index in [0.717, 1.165) is 42.0 Å².